The summed E-state index contributed by atoms with van der Waals surface area (Å²) in [6.45, 7) is 11.0. The van der Waals surface area contributed by atoms with E-state index in [0.717, 1.165) is 29.0 Å². The molecule has 0 saturated heterocycles. The fourth-order valence-corrected chi connectivity index (χ4v) is 1.99. The van der Waals surface area contributed by atoms with Crippen LogP contribution in [0.1, 0.15) is 31.9 Å². The highest BCUT2D eigenvalue weighted by Gasteiger charge is 2.17. The van der Waals surface area contributed by atoms with Crippen LogP contribution >= 0.6 is 0 Å². The zero-order chi connectivity index (χ0) is 15.9. The van der Waals surface area contributed by atoms with E-state index in [4.69, 9.17) is 9.47 Å². The molecule has 0 radical (unpaired) electrons. The maximum Gasteiger partial charge on any atom is 0.164 e. The Kier molecular flexibility index (Phi) is 6.72. The number of benzene rings is 1. The quantitative estimate of drug-likeness (QED) is 0.687. The fraction of sp³-hybridized carbons (Fsp3) is 0.529. The Bertz CT molecular complexity index is 469. The van der Waals surface area contributed by atoms with E-state index in [1.165, 1.54) is 0 Å². The van der Waals surface area contributed by atoms with Gasteiger partial charge in [-0.25, -0.2) is 0 Å². The van der Waals surface area contributed by atoms with Crippen molar-refractivity contribution in [3.63, 3.8) is 0 Å². The van der Waals surface area contributed by atoms with Gasteiger partial charge in [0.25, 0.3) is 0 Å². The molecule has 0 unspecified atom stereocenters. The molecule has 4 heteroatoms. The summed E-state index contributed by atoms with van der Waals surface area (Å²) in [5.41, 5.74) is 1.84. The molecule has 0 bridgehead atoms. The highest BCUT2D eigenvalue weighted by atomic mass is 16.5. The Morgan fingerprint density at radius 2 is 2.10 bits per heavy atom. The van der Waals surface area contributed by atoms with Gasteiger partial charge in [0.15, 0.2) is 11.5 Å². The Morgan fingerprint density at radius 1 is 1.38 bits per heavy atom. The van der Waals surface area contributed by atoms with E-state index >= 15 is 0 Å². The van der Waals surface area contributed by atoms with Crippen LogP contribution in [0.5, 0.6) is 11.5 Å². The Balaban J connectivity index is 3.05. The van der Waals surface area contributed by atoms with E-state index in [-0.39, 0.29) is 12.1 Å². The van der Waals surface area contributed by atoms with E-state index in [1.54, 1.807) is 7.11 Å². The number of methoxy groups -OCH3 is 1. The van der Waals surface area contributed by atoms with Crippen molar-refractivity contribution in [2.75, 3.05) is 20.3 Å². The standard InChI is InChI=1S/C17H27NO3/c1-6-8-14-9-13(11-18-17(3,4)12-19)10-15(20-5)16(14)21-7-2/h6,9-10,18-19H,1,7-8,11-12H2,2-5H3. The van der Waals surface area contributed by atoms with E-state index in [1.807, 2.05) is 32.9 Å². The second-order valence-electron chi connectivity index (χ2n) is 5.61. The molecule has 0 saturated carbocycles. The van der Waals surface area contributed by atoms with Crippen molar-refractivity contribution in [3.05, 3.63) is 35.9 Å². The third kappa shape index (κ3) is 5.06. The maximum absolute atomic E-state index is 9.31. The third-order valence-electron chi connectivity index (χ3n) is 3.23. The van der Waals surface area contributed by atoms with Crippen LogP contribution in [0.2, 0.25) is 0 Å². The number of rotatable bonds is 9. The predicted molar refractivity (Wildman–Crippen MR) is 86.1 cm³/mol. The molecule has 0 amide bonds. The van der Waals surface area contributed by atoms with Gasteiger partial charge in [0, 0.05) is 17.6 Å². The van der Waals surface area contributed by atoms with E-state index in [0.29, 0.717) is 13.2 Å². The van der Waals surface area contributed by atoms with Gasteiger partial charge < -0.3 is 19.9 Å². The molecule has 0 aromatic heterocycles. The summed E-state index contributed by atoms with van der Waals surface area (Å²) >= 11 is 0. The number of allylic oxidation sites excluding steroid dienone is 1. The minimum atomic E-state index is -0.315. The molecule has 0 aliphatic rings. The van der Waals surface area contributed by atoms with Crippen LogP contribution in [0.4, 0.5) is 0 Å². The van der Waals surface area contributed by atoms with Gasteiger partial charge in [-0.15, -0.1) is 6.58 Å². The second-order valence-corrected chi connectivity index (χ2v) is 5.61. The average molecular weight is 293 g/mol. The first-order valence-corrected chi connectivity index (χ1v) is 7.26. The molecule has 118 valence electrons. The largest absolute Gasteiger partial charge is 0.493 e. The van der Waals surface area contributed by atoms with Gasteiger partial charge in [0.1, 0.15) is 0 Å². The molecule has 0 fully saturated rings. The Hall–Kier alpha value is -1.52. The van der Waals surface area contributed by atoms with Crippen LogP contribution < -0.4 is 14.8 Å². The molecule has 1 rings (SSSR count). The van der Waals surface area contributed by atoms with E-state index in [9.17, 15) is 5.11 Å². The van der Waals surface area contributed by atoms with Crippen molar-refractivity contribution < 1.29 is 14.6 Å². The third-order valence-corrected chi connectivity index (χ3v) is 3.23. The van der Waals surface area contributed by atoms with Crippen LogP contribution in [0.3, 0.4) is 0 Å². The van der Waals surface area contributed by atoms with Gasteiger partial charge in [0.05, 0.1) is 20.3 Å². The number of aliphatic hydroxyl groups excluding tert-OH is 1. The molecule has 0 spiro atoms. The van der Waals surface area contributed by atoms with Gasteiger partial charge in [-0.3, -0.25) is 0 Å². The van der Waals surface area contributed by atoms with Gasteiger partial charge in [0.2, 0.25) is 0 Å². The topological polar surface area (TPSA) is 50.7 Å². The molecular formula is C17H27NO3. The summed E-state index contributed by atoms with van der Waals surface area (Å²) < 4.78 is 11.1. The van der Waals surface area contributed by atoms with Crippen molar-refractivity contribution in [2.24, 2.45) is 0 Å². The normalized spacial score (nSPS) is 11.3. The van der Waals surface area contributed by atoms with Crippen molar-refractivity contribution in [3.8, 4) is 11.5 Å². The molecule has 0 aliphatic heterocycles. The molecule has 1 aromatic rings. The highest BCUT2D eigenvalue weighted by molar-refractivity contribution is 5.50. The van der Waals surface area contributed by atoms with Crippen LogP contribution in [0.25, 0.3) is 0 Å². The second kappa shape index (κ2) is 8.05. The van der Waals surface area contributed by atoms with Gasteiger partial charge in [-0.2, -0.15) is 0 Å². The van der Waals surface area contributed by atoms with Crippen LogP contribution in [-0.2, 0) is 13.0 Å². The SMILES string of the molecule is C=CCc1cc(CNC(C)(C)CO)cc(OC)c1OCC. The fourth-order valence-electron chi connectivity index (χ4n) is 1.99. The summed E-state index contributed by atoms with van der Waals surface area (Å²) in [5.74, 6) is 1.51. The van der Waals surface area contributed by atoms with Gasteiger partial charge >= 0.3 is 0 Å². The summed E-state index contributed by atoms with van der Waals surface area (Å²) in [5, 5.41) is 12.6. The Morgan fingerprint density at radius 3 is 2.62 bits per heavy atom. The van der Waals surface area contributed by atoms with Gasteiger partial charge in [-0.1, -0.05) is 12.1 Å². The number of ether oxygens (including phenoxy) is 2. The predicted octanol–water partition coefficient (Wildman–Crippen LogP) is 2.68. The van der Waals surface area contributed by atoms with E-state index < -0.39 is 0 Å². The minimum Gasteiger partial charge on any atom is -0.493 e. The summed E-state index contributed by atoms with van der Waals surface area (Å²) in [6.07, 6.45) is 2.58. The van der Waals surface area contributed by atoms with E-state index in [2.05, 4.69) is 18.0 Å². The molecular weight excluding hydrogens is 266 g/mol. The van der Waals surface area contributed by atoms with Crippen molar-refractivity contribution >= 4 is 0 Å². The summed E-state index contributed by atoms with van der Waals surface area (Å²) in [4.78, 5) is 0. The van der Waals surface area contributed by atoms with Crippen LogP contribution in [0, 0.1) is 0 Å². The number of nitrogens with one attached hydrogen (secondary N) is 1. The van der Waals surface area contributed by atoms with Crippen LogP contribution in [0.15, 0.2) is 24.8 Å². The smallest absolute Gasteiger partial charge is 0.164 e. The lowest BCUT2D eigenvalue weighted by atomic mass is 10.0. The number of hydrogen-bond donors (Lipinski definition) is 2. The highest BCUT2D eigenvalue weighted by Crippen LogP contribution is 2.33. The zero-order valence-electron chi connectivity index (χ0n) is 13.5. The summed E-state index contributed by atoms with van der Waals surface area (Å²) in [7, 11) is 1.64. The lowest BCUT2D eigenvalue weighted by Crippen LogP contribution is -2.42. The average Bonchev–Trinajstić information content (AvgIpc) is 2.47. The zero-order valence-corrected chi connectivity index (χ0v) is 13.5. The molecule has 1 aromatic carbocycles. The molecule has 0 atom stereocenters. The molecule has 0 aliphatic carbocycles. The number of aliphatic hydroxyl groups is 1. The molecule has 4 nitrogen and oxygen atoms in total. The molecule has 2 N–H and O–H groups in total. The molecule has 0 heterocycles. The lowest BCUT2D eigenvalue weighted by Gasteiger charge is -2.24. The minimum absolute atomic E-state index is 0.0840. The van der Waals surface area contributed by atoms with Crippen molar-refractivity contribution in [2.45, 2.75) is 39.3 Å². The first-order valence-electron chi connectivity index (χ1n) is 7.26. The first kappa shape index (κ1) is 17.5. The Labute approximate surface area is 127 Å². The van der Waals surface area contributed by atoms with Crippen LogP contribution in [-0.4, -0.2) is 31.0 Å². The first-order chi connectivity index (χ1) is 9.97. The molecule has 21 heavy (non-hydrogen) atoms. The van der Waals surface area contributed by atoms with Crippen molar-refractivity contribution in [1.82, 2.24) is 5.32 Å². The monoisotopic (exact) mass is 293 g/mol. The lowest BCUT2D eigenvalue weighted by molar-refractivity contribution is 0.187. The summed E-state index contributed by atoms with van der Waals surface area (Å²) in [6, 6.07) is 4.06. The van der Waals surface area contributed by atoms with Gasteiger partial charge in [-0.05, 0) is 38.8 Å². The maximum atomic E-state index is 9.31. The van der Waals surface area contributed by atoms with Crippen molar-refractivity contribution in [1.29, 1.82) is 0 Å². The number of hydrogen-bond acceptors (Lipinski definition) is 4.